The highest BCUT2D eigenvalue weighted by Gasteiger charge is 2.18. The van der Waals surface area contributed by atoms with E-state index in [1.165, 1.54) is 0 Å². The van der Waals surface area contributed by atoms with E-state index in [-0.39, 0.29) is 24.9 Å². The molecule has 0 radical (unpaired) electrons. The molecule has 7 heteroatoms. The van der Waals surface area contributed by atoms with Gasteiger partial charge in [-0.3, -0.25) is 14.9 Å². The van der Waals surface area contributed by atoms with E-state index >= 15 is 0 Å². The minimum atomic E-state index is -0.955. The van der Waals surface area contributed by atoms with Gasteiger partial charge in [0.05, 0.1) is 6.10 Å². The van der Waals surface area contributed by atoms with E-state index in [9.17, 15) is 14.4 Å². The van der Waals surface area contributed by atoms with Gasteiger partial charge in [0.1, 0.15) is 0 Å². The molecule has 3 amide bonds. The summed E-state index contributed by atoms with van der Waals surface area (Å²) in [6.45, 7) is 2.74. The van der Waals surface area contributed by atoms with Crippen LogP contribution in [0.2, 0.25) is 0 Å². The summed E-state index contributed by atoms with van der Waals surface area (Å²) in [5, 5.41) is 13.3. The molecule has 0 aromatic carbocycles. The summed E-state index contributed by atoms with van der Waals surface area (Å²) in [6, 6.07) is -0.567. The SMILES string of the molecule is CC(CC(=O)O)CC(=O)NC(=O)NCC1CCCO1. The maximum Gasteiger partial charge on any atom is 0.321 e. The number of carboxylic acids is 1. The molecule has 1 heterocycles. The van der Waals surface area contributed by atoms with Gasteiger partial charge in [-0.1, -0.05) is 6.92 Å². The molecule has 108 valence electrons. The number of carbonyl (C=O) groups excluding carboxylic acids is 2. The van der Waals surface area contributed by atoms with Gasteiger partial charge in [-0.25, -0.2) is 4.79 Å². The Kier molecular flexibility index (Phi) is 6.27. The average molecular weight is 272 g/mol. The molecule has 2 atom stereocenters. The number of aliphatic carboxylic acids is 1. The highest BCUT2D eigenvalue weighted by atomic mass is 16.5. The largest absolute Gasteiger partial charge is 0.481 e. The third-order valence-corrected chi connectivity index (χ3v) is 2.82. The van der Waals surface area contributed by atoms with Crippen molar-refractivity contribution in [2.24, 2.45) is 5.92 Å². The number of nitrogens with one attached hydrogen (secondary N) is 2. The molecule has 0 spiro atoms. The lowest BCUT2D eigenvalue weighted by atomic mass is 10.0. The first-order chi connectivity index (χ1) is 8.97. The zero-order valence-electron chi connectivity index (χ0n) is 11.0. The fraction of sp³-hybridized carbons (Fsp3) is 0.750. The number of carboxylic acid groups (broad SMARTS) is 1. The summed E-state index contributed by atoms with van der Waals surface area (Å²) in [4.78, 5) is 33.3. The second-order valence-electron chi connectivity index (χ2n) is 4.80. The number of imide groups is 1. The molecule has 1 saturated heterocycles. The lowest BCUT2D eigenvalue weighted by Gasteiger charge is -2.12. The molecule has 0 aliphatic carbocycles. The molecule has 3 N–H and O–H groups in total. The molecule has 19 heavy (non-hydrogen) atoms. The zero-order valence-corrected chi connectivity index (χ0v) is 11.0. The van der Waals surface area contributed by atoms with Crippen LogP contribution in [0.5, 0.6) is 0 Å². The van der Waals surface area contributed by atoms with Gasteiger partial charge in [-0.2, -0.15) is 0 Å². The van der Waals surface area contributed by atoms with E-state index in [0.29, 0.717) is 13.2 Å². The number of amides is 3. The average Bonchev–Trinajstić information content (AvgIpc) is 2.77. The third kappa shape index (κ3) is 6.76. The van der Waals surface area contributed by atoms with Gasteiger partial charge in [0.2, 0.25) is 5.91 Å². The van der Waals surface area contributed by atoms with Crippen molar-refractivity contribution in [3.63, 3.8) is 0 Å². The molecular formula is C12H20N2O5. The highest BCUT2D eigenvalue weighted by molar-refractivity contribution is 5.94. The standard InChI is InChI=1S/C12H20N2O5/c1-8(6-11(16)17)5-10(15)14-12(18)13-7-9-3-2-4-19-9/h8-9H,2-7H2,1H3,(H,16,17)(H2,13,14,15,18). The van der Waals surface area contributed by atoms with Gasteiger partial charge in [0.25, 0.3) is 0 Å². The van der Waals surface area contributed by atoms with Crippen LogP contribution in [0.4, 0.5) is 4.79 Å². The van der Waals surface area contributed by atoms with Crippen molar-refractivity contribution in [2.45, 2.75) is 38.7 Å². The second-order valence-corrected chi connectivity index (χ2v) is 4.80. The molecule has 1 aliphatic rings. The Morgan fingerprint density at radius 2 is 2.11 bits per heavy atom. The lowest BCUT2D eigenvalue weighted by molar-refractivity contribution is -0.138. The van der Waals surface area contributed by atoms with Crippen molar-refractivity contribution in [3.05, 3.63) is 0 Å². The van der Waals surface area contributed by atoms with Gasteiger partial charge in [0, 0.05) is 26.0 Å². The fourth-order valence-electron chi connectivity index (χ4n) is 1.92. The van der Waals surface area contributed by atoms with Crippen LogP contribution < -0.4 is 10.6 Å². The molecule has 7 nitrogen and oxygen atoms in total. The number of hydrogen-bond donors (Lipinski definition) is 3. The molecule has 1 aliphatic heterocycles. The Bertz CT molecular complexity index is 339. The maximum absolute atomic E-state index is 11.4. The summed E-state index contributed by atoms with van der Waals surface area (Å²) in [7, 11) is 0. The van der Waals surface area contributed by atoms with E-state index in [1.807, 2.05) is 0 Å². The summed E-state index contributed by atoms with van der Waals surface area (Å²) < 4.78 is 5.32. The van der Waals surface area contributed by atoms with Crippen LogP contribution in [0.1, 0.15) is 32.6 Å². The quantitative estimate of drug-likeness (QED) is 0.652. The summed E-state index contributed by atoms with van der Waals surface area (Å²) in [5.41, 5.74) is 0. The Hall–Kier alpha value is -1.63. The van der Waals surface area contributed by atoms with E-state index in [4.69, 9.17) is 9.84 Å². The highest BCUT2D eigenvalue weighted by Crippen LogP contribution is 2.10. The van der Waals surface area contributed by atoms with Gasteiger partial charge in [-0.15, -0.1) is 0 Å². The lowest BCUT2D eigenvalue weighted by Crippen LogP contribution is -2.42. The maximum atomic E-state index is 11.4. The van der Waals surface area contributed by atoms with Crippen LogP contribution in [0.3, 0.4) is 0 Å². The van der Waals surface area contributed by atoms with Crippen LogP contribution >= 0.6 is 0 Å². The molecule has 1 rings (SSSR count). The fourth-order valence-corrected chi connectivity index (χ4v) is 1.92. The molecular weight excluding hydrogens is 252 g/mol. The van der Waals surface area contributed by atoms with Gasteiger partial charge in [0.15, 0.2) is 0 Å². The van der Waals surface area contributed by atoms with Crippen molar-refractivity contribution in [3.8, 4) is 0 Å². The number of urea groups is 1. The smallest absolute Gasteiger partial charge is 0.321 e. The van der Waals surface area contributed by atoms with Crippen LogP contribution in [-0.4, -0.2) is 42.3 Å². The van der Waals surface area contributed by atoms with E-state index in [1.54, 1.807) is 6.92 Å². The number of rotatable bonds is 6. The Morgan fingerprint density at radius 1 is 1.37 bits per heavy atom. The van der Waals surface area contributed by atoms with E-state index in [2.05, 4.69) is 10.6 Å². The predicted octanol–water partition coefficient (Wildman–Crippen LogP) is 0.492. The Balaban J connectivity index is 2.16. The predicted molar refractivity (Wildman–Crippen MR) is 66.5 cm³/mol. The van der Waals surface area contributed by atoms with Crippen molar-refractivity contribution in [1.82, 2.24) is 10.6 Å². The van der Waals surface area contributed by atoms with E-state index < -0.39 is 17.9 Å². The van der Waals surface area contributed by atoms with E-state index in [0.717, 1.165) is 12.8 Å². The van der Waals surface area contributed by atoms with Crippen molar-refractivity contribution in [2.75, 3.05) is 13.2 Å². The van der Waals surface area contributed by atoms with Crippen molar-refractivity contribution in [1.29, 1.82) is 0 Å². The van der Waals surface area contributed by atoms with Crippen LogP contribution in [0.15, 0.2) is 0 Å². The normalized spacial score (nSPS) is 19.7. The van der Waals surface area contributed by atoms with Crippen LogP contribution in [0.25, 0.3) is 0 Å². The van der Waals surface area contributed by atoms with Gasteiger partial charge in [-0.05, 0) is 18.8 Å². The summed E-state index contributed by atoms with van der Waals surface area (Å²) in [5.74, 6) is -1.73. The molecule has 0 aromatic heterocycles. The summed E-state index contributed by atoms with van der Waals surface area (Å²) in [6.07, 6.45) is 1.83. The minimum Gasteiger partial charge on any atom is -0.481 e. The Labute approximate surface area is 111 Å². The number of carbonyl (C=O) groups is 3. The first-order valence-electron chi connectivity index (χ1n) is 6.38. The van der Waals surface area contributed by atoms with Crippen molar-refractivity contribution < 1.29 is 24.2 Å². The molecule has 2 unspecified atom stereocenters. The first-order valence-corrected chi connectivity index (χ1v) is 6.38. The topological polar surface area (TPSA) is 105 Å². The monoisotopic (exact) mass is 272 g/mol. The Morgan fingerprint density at radius 3 is 2.68 bits per heavy atom. The number of ether oxygens (including phenoxy) is 1. The molecule has 0 bridgehead atoms. The van der Waals surface area contributed by atoms with Crippen LogP contribution in [0, 0.1) is 5.92 Å². The molecule has 0 aromatic rings. The zero-order chi connectivity index (χ0) is 14.3. The number of hydrogen-bond acceptors (Lipinski definition) is 4. The van der Waals surface area contributed by atoms with Crippen molar-refractivity contribution >= 4 is 17.9 Å². The third-order valence-electron chi connectivity index (χ3n) is 2.82. The van der Waals surface area contributed by atoms with Gasteiger partial charge < -0.3 is 15.2 Å². The molecule has 0 saturated carbocycles. The first kappa shape index (κ1) is 15.4. The summed E-state index contributed by atoms with van der Waals surface area (Å²) >= 11 is 0. The van der Waals surface area contributed by atoms with Crippen LogP contribution in [-0.2, 0) is 14.3 Å². The second kappa shape index (κ2) is 7.73. The molecule has 1 fully saturated rings. The minimum absolute atomic E-state index is 0.0135. The van der Waals surface area contributed by atoms with Gasteiger partial charge >= 0.3 is 12.0 Å².